The minimum atomic E-state index is -0.339. The zero-order chi connectivity index (χ0) is 13.0. The van der Waals surface area contributed by atoms with Crippen LogP contribution in [0.25, 0.3) is 11.3 Å². The summed E-state index contributed by atoms with van der Waals surface area (Å²) in [5, 5.41) is 6.34. The van der Waals surface area contributed by atoms with Gasteiger partial charge in [-0.2, -0.15) is 0 Å². The second-order valence-electron chi connectivity index (χ2n) is 3.49. The number of hydrogen-bond donors (Lipinski definition) is 1. The minimum Gasteiger partial charge on any atom is -0.497 e. The summed E-state index contributed by atoms with van der Waals surface area (Å²) in [6.45, 7) is 0. The molecule has 2 aromatic rings. The third-order valence-corrected chi connectivity index (χ3v) is 2.52. The van der Waals surface area contributed by atoms with Crippen molar-refractivity contribution < 1.29 is 14.1 Å². The van der Waals surface area contributed by atoms with Crippen molar-refractivity contribution in [1.29, 1.82) is 0 Å². The van der Waals surface area contributed by atoms with Gasteiger partial charge in [0.15, 0.2) is 0 Å². The molecule has 0 aliphatic carbocycles. The van der Waals surface area contributed by atoms with Gasteiger partial charge in [0.25, 0.3) is 0 Å². The third kappa shape index (κ3) is 2.81. The summed E-state index contributed by atoms with van der Waals surface area (Å²) < 4.78 is 10.0. The van der Waals surface area contributed by atoms with Crippen LogP contribution >= 0.6 is 11.6 Å². The molecular formula is C12H11ClN2O3. The summed E-state index contributed by atoms with van der Waals surface area (Å²) >= 11 is 5.37. The molecule has 0 radical (unpaired) electrons. The number of anilines is 1. The molecule has 0 unspecified atom stereocenters. The van der Waals surface area contributed by atoms with E-state index in [1.54, 1.807) is 13.2 Å². The number of rotatable bonds is 4. The van der Waals surface area contributed by atoms with Crippen molar-refractivity contribution in [3.05, 3.63) is 30.3 Å². The molecule has 0 saturated carbocycles. The molecule has 94 valence electrons. The maximum Gasteiger partial charge on any atom is 0.241 e. The molecule has 2 rings (SSSR count). The normalized spacial score (nSPS) is 10.1. The number of alkyl halides is 1. The minimum absolute atomic E-state index is 0.126. The van der Waals surface area contributed by atoms with E-state index in [-0.39, 0.29) is 17.7 Å². The average molecular weight is 267 g/mol. The van der Waals surface area contributed by atoms with E-state index >= 15 is 0 Å². The average Bonchev–Trinajstić information content (AvgIpc) is 2.87. The Morgan fingerprint density at radius 3 is 2.78 bits per heavy atom. The molecule has 1 aromatic carbocycles. The molecule has 1 amide bonds. The van der Waals surface area contributed by atoms with Gasteiger partial charge in [0, 0.05) is 11.6 Å². The zero-order valence-electron chi connectivity index (χ0n) is 9.64. The van der Waals surface area contributed by atoms with Crippen molar-refractivity contribution in [3.63, 3.8) is 0 Å². The maximum absolute atomic E-state index is 11.1. The Balaban J connectivity index is 2.15. The van der Waals surface area contributed by atoms with Gasteiger partial charge in [-0.25, -0.2) is 0 Å². The molecule has 0 fully saturated rings. The van der Waals surface area contributed by atoms with Crippen LogP contribution in [0.4, 0.5) is 5.88 Å². The molecule has 6 heteroatoms. The number of nitrogens with zero attached hydrogens (tertiary/aromatic N) is 1. The number of methoxy groups -OCH3 is 1. The van der Waals surface area contributed by atoms with Crippen molar-refractivity contribution in [2.45, 2.75) is 0 Å². The molecule has 1 N–H and O–H groups in total. The number of nitrogens with one attached hydrogen (secondary N) is 1. The van der Waals surface area contributed by atoms with Gasteiger partial charge >= 0.3 is 0 Å². The van der Waals surface area contributed by atoms with E-state index in [1.807, 2.05) is 24.3 Å². The topological polar surface area (TPSA) is 64.4 Å². The van der Waals surface area contributed by atoms with Crippen molar-refractivity contribution in [3.8, 4) is 17.0 Å². The van der Waals surface area contributed by atoms with Gasteiger partial charge in [-0.05, 0) is 24.3 Å². The van der Waals surface area contributed by atoms with E-state index in [0.29, 0.717) is 5.69 Å². The lowest BCUT2D eigenvalue weighted by Gasteiger charge is -1.99. The first kappa shape index (κ1) is 12.4. The van der Waals surface area contributed by atoms with Gasteiger partial charge in [0.2, 0.25) is 11.8 Å². The Morgan fingerprint density at radius 2 is 2.17 bits per heavy atom. The Morgan fingerprint density at radius 1 is 1.44 bits per heavy atom. The van der Waals surface area contributed by atoms with Crippen LogP contribution in [0.15, 0.2) is 34.9 Å². The zero-order valence-corrected chi connectivity index (χ0v) is 10.4. The smallest absolute Gasteiger partial charge is 0.241 e. The van der Waals surface area contributed by atoms with Gasteiger partial charge in [-0.1, -0.05) is 5.16 Å². The van der Waals surface area contributed by atoms with E-state index in [9.17, 15) is 4.79 Å². The van der Waals surface area contributed by atoms with Crippen LogP contribution in [-0.4, -0.2) is 24.1 Å². The summed E-state index contributed by atoms with van der Waals surface area (Å²) in [6.07, 6.45) is 0. The van der Waals surface area contributed by atoms with Crippen molar-refractivity contribution in [2.75, 3.05) is 18.3 Å². The van der Waals surface area contributed by atoms with Crippen LogP contribution in [0.1, 0.15) is 0 Å². The predicted molar refractivity (Wildman–Crippen MR) is 67.8 cm³/mol. The van der Waals surface area contributed by atoms with E-state index in [4.69, 9.17) is 20.9 Å². The van der Waals surface area contributed by atoms with Crippen molar-refractivity contribution in [2.24, 2.45) is 0 Å². The van der Waals surface area contributed by atoms with Gasteiger partial charge in [0.05, 0.1) is 7.11 Å². The number of halogens is 1. The highest BCUT2D eigenvalue weighted by Crippen LogP contribution is 2.23. The Kier molecular flexibility index (Phi) is 3.84. The van der Waals surface area contributed by atoms with Crippen molar-refractivity contribution in [1.82, 2.24) is 5.16 Å². The number of hydrogen-bond acceptors (Lipinski definition) is 4. The Hall–Kier alpha value is -2.01. The third-order valence-electron chi connectivity index (χ3n) is 2.28. The monoisotopic (exact) mass is 266 g/mol. The molecule has 0 aliphatic rings. The predicted octanol–water partition coefficient (Wildman–Crippen LogP) is 2.53. The summed E-state index contributed by atoms with van der Waals surface area (Å²) in [6, 6.07) is 8.97. The van der Waals surface area contributed by atoms with Gasteiger partial charge in [-0.3, -0.25) is 10.1 Å². The first-order valence-corrected chi connectivity index (χ1v) is 5.73. The largest absolute Gasteiger partial charge is 0.497 e. The standard InChI is InChI=1S/C12H11ClN2O3/c1-17-9-4-2-8(3-5-9)10-6-12(18-15-10)14-11(16)7-13/h2-6H,7H2,1H3,(H,14,16). The van der Waals surface area contributed by atoms with E-state index in [1.165, 1.54) is 0 Å². The van der Waals surface area contributed by atoms with Gasteiger partial charge < -0.3 is 9.26 Å². The first-order valence-electron chi connectivity index (χ1n) is 5.20. The van der Waals surface area contributed by atoms with Crippen LogP contribution in [-0.2, 0) is 4.79 Å². The molecule has 1 aromatic heterocycles. The van der Waals surface area contributed by atoms with Crippen LogP contribution in [0, 0.1) is 0 Å². The SMILES string of the molecule is COc1ccc(-c2cc(NC(=O)CCl)on2)cc1. The number of carbonyl (C=O) groups excluding carboxylic acids is 1. The molecule has 0 saturated heterocycles. The molecule has 5 nitrogen and oxygen atoms in total. The first-order chi connectivity index (χ1) is 8.72. The van der Waals surface area contributed by atoms with Gasteiger partial charge in [-0.15, -0.1) is 11.6 Å². The number of carbonyl (C=O) groups is 1. The Bertz CT molecular complexity index is 537. The highest BCUT2D eigenvalue weighted by Gasteiger charge is 2.08. The van der Waals surface area contributed by atoms with Crippen molar-refractivity contribution >= 4 is 23.4 Å². The van der Waals surface area contributed by atoms with Crippen LogP contribution in [0.5, 0.6) is 5.75 Å². The lowest BCUT2D eigenvalue weighted by atomic mass is 10.1. The highest BCUT2D eigenvalue weighted by molar-refractivity contribution is 6.28. The van der Waals surface area contributed by atoms with E-state index in [2.05, 4.69) is 10.5 Å². The maximum atomic E-state index is 11.1. The molecule has 0 atom stereocenters. The Labute approximate surface area is 109 Å². The molecule has 1 heterocycles. The lowest BCUT2D eigenvalue weighted by molar-refractivity contribution is -0.114. The lowest BCUT2D eigenvalue weighted by Crippen LogP contribution is -2.11. The summed E-state index contributed by atoms with van der Waals surface area (Å²) in [4.78, 5) is 11.1. The second-order valence-corrected chi connectivity index (χ2v) is 3.75. The van der Waals surface area contributed by atoms with E-state index < -0.39 is 0 Å². The summed E-state index contributed by atoms with van der Waals surface area (Å²) in [5.41, 5.74) is 1.49. The second kappa shape index (κ2) is 5.55. The number of ether oxygens (including phenoxy) is 1. The summed E-state index contributed by atoms with van der Waals surface area (Å²) in [5.74, 6) is 0.567. The van der Waals surface area contributed by atoms with Crippen LogP contribution in [0.2, 0.25) is 0 Å². The molecule has 0 bridgehead atoms. The van der Waals surface area contributed by atoms with Crippen LogP contribution < -0.4 is 10.1 Å². The molecule has 0 aliphatic heterocycles. The molecular weight excluding hydrogens is 256 g/mol. The number of amides is 1. The molecule has 0 spiro atoms. The van der Waals surface area contributed by atoms with Gasteiger partial charge in [0.1, 0.15) is 17.3 Å². The molecule has 18 heavy (non-hydrogen) atoms. The fourth-order valence-electron chi connectivity index (χ4n) is 1.40. The quantitative estimate of drug-likeness (QED) is 0.864. The fraction of sp³-hybridized carbons (Fsp3) is 0.167. The van der Waals surface area contributed by atoms with E-state index in [0.717, 1.165) is 11.3 Å². The highest BCUT2D eigenvalue weighted by atomic mass is 35.5. The fourth-order valence-corrected chi connectivity index (χ4v) is 1.47. The summed E-state index contributed by atoms with van der Waals surface area (Å²) in [7, 11) is 1.60. The number of benzene rings is 1. The number of aromatic nitrogens is 1. The van der Waals surface area contributed by atoms with Crippen LogP contribution in [0.3, 0.4) is 0 Å².